The lowest BCUT2D eigenvalue weighted by Gasteiger charge is -2.30. The van der Waals surface area contributed by atoms with Crippen LogP contribution in [0.5, 0.6) is 0 Å². The molecule has 5 rings (SSSR count). The Morgan fingerprint density at radius 3 is 2.46 bits per heavy atom. The first-order valence-electron chi connectivity index (χ1n) is 15.4. The Morgan fingerprint density at radius 1 is 1.07 bits per heavy atom. The van der Waals surface area contributed by atoms with E-state index in [0.29, 0.717) is 72.8 Å². The molecule has 0 radical (unpaired) electrons. The number of halogens is 3. The second-order valence-electron chi connectivity index (χ2n) is 13.0. The molecule has 6 nitrogen and oxygen atoms in total. The van der Waals surface area contributed by atoms with Gasteiger partial charge in [0.15, 0.2) is 5.71 Å². The van der Waals surface area contributed by atoms with Gasteiger partial charge < -0.3 is 14.5 Å². The summed E-state index contributed by atoms with van der Waals surface area (Å²) >= 11 is 0. The summed E-state index contributed by atoms with van der Waals surface area (Å²) in [5.74, 6) is 0.217. The number of ketones is 1. The maximum Gasteiger partial charge on any atom is 0.416 e. The summed E-state index contributed by atoms with van der Waals surface area (Å²) in [4.78, 5) is 19.6. The highest BCUT2D eigenvalue weighted by atomic mass is 19.4. The number of hydrogen-bond donors (Lipinski definition) is 0. The molecule has 9 heteroatoms. The van der Waals surface area contributed by atoms with Crippen molar-refractivity contribution in [1.29, 1.82) is 5.26 Å². The third-order valence-electron chi connectivity index (χ3n) is 9.33. The standard InChI is InChI=1S/C37H38F3N4O2/c1-23-11-13-29-27(19-23)35(2,3)31(44(29)18-10-16-42-6)21-25-33(45)26(34(25)46-7)22-32-36(4,5)28-20-24(37(38,39)40)12-14-30(28)43(32)17-9-8-15-41/h11-14,19-22H,8-10,16-18H2,1-5,7H3/q+1. The van der Waals surface area contributed by atoms with Crippen molar-refractivity contribution in [1.82, 2.24) is 0 Å². The number of benzene rings is 2. The molecule has 0 atom stereocenters. The first-order chi connectivity index (χ1) is 21.7. The summed E-state index contributed by atoms with van der Waals surface area (Å²) in [6.45, 7) is 18.7. The van der Waals surface area contributed by atoms with Crippen LogP contribution in [0.4, 0.5) is 24.5 Å². The molecule has 238 valence electrons. The maximum absolute atomic E-state index is 13.9. The molecule has 3 aliphatic rings. The molecule has 0 bridgehead atoms. The first-order valence-corrected chi connectivity index (χ1v) is 15.4. The Labute approximate surface area is 268 Å². The number of methoxy groups -OCH3 is 1. The van der Waals surface area contributed by atoms with Gasteiger partial charge in [0.05, 0.1) is 35.3 Å². The van der Waals surface area contributed by atoms with Gasteiger partial charge in [-0.3, -0.25) is 4.79 Å². The fraction of sp³-hybridized carbons (Fsp3) is 0.405. The van der Waals surface area contributed by atoms with Gasteiger partial charge in [-0.1, -0.05) is 31.5 Å². The van der Waals surface area contributed by atoms with Crippen LogP contribution in [0, 0.1) is 24.8 Å². The van der Waals surface area contributed by atoms with Crippen LogP contribution in [0.15, 0.2) is 71.2 Å². The van der Waals surface area contributed by atoms with Gasteiger partial charge in [-0.2, -0.15) is 23.0 Å². The largest absolute Gasteiger partial charge is 0.495 e. The van der Waals surface area contributed by atoms with Crippen molar-refractivity contribution in [2.75, 3.05) is 31.6 Å². The van der Waals surface area contributed by atoms with Gasteiger partial charge in [0.1, 0.15) is 12.3 Å². The molecular formula is C37H38F3N4O2+. The van der Waals surface area contributed by atoms with Crippen LogP contribution in [-0.2, 0) is 26.5 Å². The van der Waals surface area contributed by atoms with Gasteiger partial charge in [0, 0.05) is 60.3 Å². The second kappa shape index (κ2) is 11.9. The number of rotatable bonds is 9. The van der Waals surface area contributed by atoms with Crippen molar-refractivity contribution in [3.63, 3.8) is 0 Å². The van der Waals surface area contributed by atoms with Crippen LogP contribution in [-0.4, -0.2) is 42.8 Å². The summed E-state index contributed by atoms with van der Waals surface area (Å²) < 4.78 is 48.8. The minimum Gasteiger partial charge on any atom is -0.495 e. The predicted octanol–water partition coefficient (Wildman–Crippen LogP) is 8.09. The highest BCUT2D eigenvalue weighted by molar-refractivity contribution is 6.24. The third-order valence-corrected chi connectivity index (χ3v) is 9.33. The highest BCUT2D eigenvalue weighted by Crippen LogP contribution is 2.50. The zero-order valence-electron chi connectivity index (χ0n) is 27.1. The van der Waals surface area contributed by atoms with Gasteiger partial charge >= 0.3 is 6.18 Å². The number of Topliss-reactive ketones (excluding diaryl/α,β-unsaturated/α-hetero) is 1. The van der Waals surface area contributed by atoms with Crippen LogP contribution in [0.2, 0.25) is 0 Å². The van der Waals surface area contributed by atoms with E-state index in [9.17, 15) is 18.0 Å². The van der Waals surface area contributed by atoms with Crippen LogP contribution in [0.1, 0.15) is 69.2 Å². The maximum atomic E-state index is 13.9. The van der Waals surface area contributed by atoms with Gasteiger partial charge in [-0.05, 0) is 50.6 Å². The zero-order chi connectivity index (χ0) is 33.6. The molecule has 0 N–H and O–H groups in total. The van der Waals surface area contributed by atoms with Crippen LogP contribution in [0.25, 0.3) is 4.85 Å². The molecule has 0 spiro atoms. The zero-order valence-corrected chi connectivity index (χ0v) is 27.1. The molecule has 0 aromatic heterocycles. The molecule has 2 aromatic carbocycles. The third kappa shape index (κ3) is 5.42. The van der Waals surface area contributed by atoms with E-state index < -0.39 is 22.6 Å². The van der Waals surface area contributed by atoms with Gasteiger partial charge in [0.2, 0.25) is 18.0 Å². The number of aryl methyl sites for hydroxylation is 1. The Morgan fingerprint density at radius 2 is 1.80 bits per heavy atom. The van der Waals surface area contributed by atoms with Gasteiger partial charge in [-0.15, -0.1) is 0 Å². The van der Waals surface area contributed by atoms with E-state index in [1.165, 1.54) is 19.2 Å². The normalized spacial score (nSPS) is 19.7. The van der Waals surface area contributed by atoms with E-state index in [4.69, 9.17) is 16.6 Å². The fourth-order valence-corrected chi connectivity index (χ4v) is 6.86. The van der Waals surface area contributed by atoms with E-state index >= 15 is 0 Å². The van der Waals surface area contributed by atoms with E-state index in [2.05, 4.69) is 47.9 Å². The summed E-state index contributed by atoms with van der Waals surface area (Å²) in [7, 11) is 1.51. The van der Waals surface area contributed by atoms with Crippen LogP contribution >= 0.6 is 0 Å². The number of carbonyl (C=O) groups excluding carboxylic acids is 1. The average molecular weight is 628 g/mol. The van der Waals surface area contributed by atoms with Crippen LogP contribution in [0.3, 0.4) is 0 Å². The second-order valence-corrected chi connectivity index (χ2v) is 13.0. The lowest BCUT2D eigenvalue weighted by Crippen LogP contribution is -2.33. The van der Waals surface area contributed by atoms with Crippen molar-refractivity contribution in [3.8, 4) is 6.07 Å². The van der Waals surface area contributed by atoms with Crippen molar-refractivity contribution >= 4 is 22.9 Å². The molecule has 1 aliphatic carbocycles. The molecule has 0 fully saturated rings. The molecule has 0 amide bonds. The van der Waals surface area contributed by atoms with E-state index in [-0.39, 0.29) is 5.78 Å². The number of allylic oxidation sites excluding steroid dienone is 5. The summed E-state index contributed by atoms with van der Waals surface area (Å²) in [6, 6.07) is 12.2. The lowest BCUT2D eigenvalue weighted by molar-refractivity contribution is -0.438. The molecule has 46 heavy (non-hydrogen) atoms. The number of anilines is 1. The molecule has 0 saturated carbocycles. The topological polar surface area (TPSA) is 60.7 Å². The number of hydrogen-bond acceptors (Lipinski definition) is 4. The number of carbonyl (C=O) groups is 1. The van der Waals surface area contributed by atoms with E-state index in [1.807, 2.05) is 31.4 Å². The number of ether oxygens (including phenoxy) is 1. The van der Waals surface area contributed by atoms with Gasteiger partial charge in [-0.25, -0.2) is 6.57 Å². The van der Waals surface area contributed by atoms with Crippen molar-refractivity contribution < 1.29 is 27.3 Å². The smallest absolute Gasteiger partial charge is 0.416 e. The Bertz CT molecular complexity index is 1830. The molecule has 2 aliphatic heterocycles. The molecule has 0 saturated heterocycles. The van der Waals surface area contributed by atoms with Gasteiger partial charge in [0.25, 0.3) is 0 Å². The summed E-state index contributed by atoms with van der Waals surface area (Å²) in [5.41, 5.74) is 4.90. The lowest BCUT2D eigenvalue weighted by atomic mass is 9.77. The van der Waals surface area contributed by atoms with Crippen molar-refractivity contribution in [3.05, 3.63) is 105 Å². The monoisotopic (exact) mass is 627 g/mol. The summed E-state index contributed by atoms with van der Waals surface area (Å²) in [5, 5.41) is 9.16. The fourth-order valence-electron chi connectivity index (χ4n) is 6.86. The number of fused-ring (bicyclic) bond motifs is 2. The summed E-state index contributed by atoms with van der Waals surface area (Å²) in [6.07, 6.45) is 0.619. The first kappa shape index (κ1) is 32.8. The number of nitriles is 1. The predicted molar refractivity (Wildman–Crippen MR) is 172 cm³/mol. The number of nitrogens with zero attached hydrogens (tertiary/aromatic N) is 4. The molecule has 2 aromatic rings. The molecule has 2 heterocycles. The highest BCUT2D eigenvalue weighted by Gasteiger charge is 2.48. The SMILES string of the molecule is [C-]#[N+]CCCN1C(=CC2=C(OC)C(=CC3=[N+](CCCC#N)c4ccc(C(F)(F)F)cc4C3(C)C)C2=O)C(C)(C)c2cc(C)ccc21. The minimum atomic E-state index is -4.49. The quantitative estimate of drug-likeness (QED) is 0.122. The Kier molecular flexibility index (Phi) is 8.51. The average Bonchev–Trinajstić information content (AvgIpc) is 3.33. The number of unbranched alkanes of at least 4 members (excludes halogenated alkanes) is 1. The van der Waals surface area contributed by atoms with Crippen molar-refractivity contribution in [2.24, 2.45) is 0 Å². The Balaban J connectivity index is 1.61. The van der Waals surface area contributed by atoms with Crippen LogP contribution < -0.4 is 4.90 Å². The van der Waals surface area contributed by atoms with E-state index in [0.717, 1.165) is 28.6 Å². The molecule has 0 unspecified atom stereocenters. The van der Waals surface area contributed by atoms with Crippen molar-refractivity contribution in [2.45, 2.75) is 70.9 Å². The molecular weight excluding hydrogens is 589 g/mol. The Hall–Kier alpha value is -4.63. The number of alkyl halides is 3. The van der Waals surface area contributed by atoms with E-state index in [1.54, 1.807) is 6.08 Å². The minimum absolute atomic E-state index is 0.208.